The molecule has 3 heterocycles. The number of carbonyl (C=O) groups is 3. The lowest BCUT2D eigenvalue weighted by atomic mass is 9.97. The summed E-state index contributed by atoms with van der Waals surface area (Å²) in [4.78, 5) is 39.3. The number of hydrogen-bond acceptors (Lipinski definition) is 6. The van der Waals surface area contributed by atoms with E-state index in [9.17, 15) is 14.4 Å². The Morgan fingerprint density at radius 2 is 1.91 bits per heavy atom. The minimum Gasteiger partial charge on any atom is -0.459 e. The Morgan fingerprint density at radius 3 is 2.62 bits per heavy atom. The number of carbonyl (C=O) groups excluding carboxylic acids is 3. The number of ether oxygens (including phenoxy) is 1. The average Bonchev–Trinajstić information content (AvgIpc) is 3.49. The van der Waals surface area contributed by atoms with Crippen molar-refractivity contribution in [3.05, 3.63) is 60.2 Å². The predicted molar refractivity (Wildman–Crippen MR) is 115 cm³/mol. The van der Waals surface area contributed by atoms with Crippen molar-refractivity contribution in [3.63, 3.8) is 0 Å². The van der Waals surface area contributed by atoms with Gasteiger partial charge in [0.15, 0.2) is 12.4 Å². The van der Waals surface area contributed by atoms with Gasteiger partial charge in [0.1, 0.15) is 0 Å². The van der Waals surface area contributed by atoms with Gasteiger partial charge < -0.3 is 18.6 Å². The minimum absolute atomic E-state index is 0.190. The smallest absolute Gasteiger partial charge is 0.309 e. The number of aromatic nitrogens is 1. The van der Waals surface area contributed by atoms with E-state index >= 15 is 0 Å². The van der Waals surface area contributed by atoms with Gasteiger partial charge >= 0.3 is 5.97 Å². The zero-order chi connectivity index (χ0) is 22.5. The zero-order valence-electron chi connectivity index (χ0n) is 17.5. The van der Waals surface area contributed by atoms with Crippen LogP contribution in [-0.4, -0.2) is 46.8 Å². The van der Waals surface area contributed by atoms with E-state index in [0.29, 0.717) is 44.5 Å². The molecular weight excluding hydrogens is 410 g/mol. The molecule has 164 valence electrons. The average molecular weight is 433 g/mol. The molecule has 0 N–H and O–H groups in total. The van der Waals surface area contributed by atoms with Crippen molar-refractivity contribution in [2.45, 2.75) is 25.8 Å². The topological polar surface area (TPSA) is 106 Å². The van der Waals surface area contributed by atoms with Crippen molar-refractivity contribution in [3.8, 4) is 6.07 Å². The number of furan rings is 1. The molecule has 4 rings (SSSR count). The maximum Gasteiger partial charge on any atom is 0.309 e. The van der Waals surface area contributed by atoms with Crippen LogP contribution in [0.4, 0.5) is 0 Å². The highest BCUT2D eigenvalue weighted by molar-refractivity contribution is 6.09. The fourth-order valence-corrected chi connectivity index (χ4v) is 4.03. The maximum atomic E-state index is 12.8. The molecule has 0 aliphatic carbocycles. The van der Waals surface area contributed by atoms with Gasteiger partial charge in [0, 0.05) is 42.3 Å². The summed E-state index contributed by atoms with van der Waals surface area (Å²) in [5.41, 5.74) is 1.34. The molecular formula is C24H23N3O5. The van der Waals surface area contributed by atoms with Gasteiger partial charge in [-0.05, 0) is 31.0 Å². The van der Waals surface area contributed by atoms with Crippen molar-refractivity contribution in [1.29, 1.82) is 5.26 Å². The van der Waals surface area contributed by atoms with Crippen molar-refractivity contribution >= 4 is 28.6 Å². The minimum atomic E-state index is -0.420. The van der Waals surface area contributed by atoms with E-state index in [2.05, 4.69) is 6.07 Å². The van der Waals surface area contributed by atoms with Crippen LogP contribution in [0.3, 0.4) is 0 Å². The Morgan fingerprint density at radius 1 is 1.12 bits per heavy atom. The third-order valence-corrected chi connectivity index (χ3v) is 5.75. The lowest BCUT2D eigenvalue weighted by molar-refractivity contribution is -0.148. The Balaban J connectivity index is 1.33. The van der Waals surface area contributed by atoms with Crippen LogP contribution in [0.2, 0.25) is 0 Å². The molecule has 1 fully saturated rings. The van der Waals surface area contributed by atoms with E-state index in [0.717, 1.165) is 10.9 Å². The van der Waals surface area contributed by atoms with Crippen molar-refractivity contribution < 1.29 is 23.5 Å². The third kappa shape index (κ3) is 4.42. The molecule has 8 heteroatoms. The van der Waals surface area contributed by atoms with Gasteiger partial charge in [-0.2, -0.15) is 5.26 Å². The first-order chi connectivity index (χ1) is 15.6. The van der Waals surface area contributed by atoms with E-state index in [1.54, 1.807) is 23.2 Å². The second-order valence-corrected chi connectivity index (χ2v) is 7.74. The van der Waals surface area contributed by atoms with Crippen molar-refractivity contribution in [1.82, 2.24) is 9.47 Å². The largest absolute Gasteiger partial charge is 0.459 e. The number of benzene rings is 1. The van der Waals surface area contributed by atoms with E-state index in [1.807, 2.05) is 28.8 Å². The van der Waals surface area contributed by atoms with E-state index in [-0.39, 0.29) is 30.0 Å². The maximum absolute atomic E-state index is 12.8. The molecule has 0 atom stereocenters. The third-order valence-electron chi connectivity index (χ3n) is 5.75. The van der Waals surface area contributed by atoms with E-state index in [1.165, 1.54) is 6.26 Å². The second-order valence-electron chi connectivity index (χ2n) is 7.74. The number of likely N-dealkylation sites (tertiary alicyclic amines) is 1. The van der Waals surface area contributed by atoms with Crippen LogP contribution < -0.4 is 0 Å². The number of nitriles is 1. The molecule has 0 radical (unpaired) electrons. The van der Waals surface area contributed by atoms with Crippen LogP contribution in [0.1, 0.15) is 40.2 Å². The number of esters is 1. The Kier molecular flexibility index (Phi) is 6.36. The molecule has 2 aromatic heterocycles. The van der Waals surface area contributed by atoms with Gasteiger partial charge in [0.2, 0.25) is 5.78 Å². The van der Waals surface area contributed by atoms with Crippen molar-refractivity contribution in [2.75, 3.05) is 19.7 Å². The summed E-state index contributed by atoms with van der Waals surface area (Å²) in [5.74, 6) is -0.955. The number of nitrogens with zero attached hydrogens (tertiary/aromatic N) is 3. The summed E-state index contributed by atoms with van der Waals surface area (Å²) >= 11 is 0. The Hall–Kier alpha value is -3.86. The van der Waals surface area contributed by atoms with Crippen LogP contribution in [0.5, 0.6) is 0 Å². The fourth-order valence-electron chi connectivity index (χ4n) is 4.03. The molecule has 1 aliphatic rings. The number of amides is 1. The van der Waals surface area contributed by atoms with Gasteiger partial charge in [-0.25, -0.2) is 0 Å². The summed E-state index contributed by atoms with van der Waals surface area (Å²) in [5, 5.41) is 9.64. The van der Waals surface area contributed by atoms with Gasteiger partial charge in [0.05, 0.1) is 24.7 Å². The van der Waals surface area contributed by atoms with Gasteiger partial charge in [-0.15, -0.1) is 0 Å². The number of piperidine rings is 1. The highest BCUT2D eigenvalue weighted by Gasteiger charge is 2.30. The molecule has 1 aromatic carbocycles. The molecule has 0 bridgehead atoms. The molecule has 1 saturated heterocycles. The molecule has 3 aromatic rings. The number of rotatable bonds is 7. The normalized spacial score (nSPS) is 14.3. The standard InChI is InChI=1S/C24H23N3O5/c25-10-4-11-27-15-19(18-5-1-2-6-20(18)27)21(28)16-32-24(30)17-8-12-26(13-9-17)23(29)22-7-3-14-31-22/h1-3,5-7,14-15,17H,4,8-9,11-13,16H2. The first-order valence-corrected chi connectivity index (χ1v) is 10.6. The number of aryl methyl sites for hydroxylation is 1. The molecule has 0 saturated carbocycles. The lowest BCUT2D eigenvalue weighted by Gasteiger charge is -2.30. The lowest BCUT2D eigenvalue weighted by Crippen LogP contribution is -2.40. The first kappa shape index (κ1) is 21.4. The van der Waals surface area contributed by atoms with Crippen LogP contribution >= 0.6 is 0 Å². The van der Waals surface area contributed by atoms with E-state index in [4.69, 9.17) is 14.4 Å². The molecule has 1 amide bonds. The predicted octanol–water partition coefficient (Wildman–Crippen LogP) is 3.43. The highest BCUT2D eigenvalue weighted by atomic mass is 16.5. The summed E-state index contributed by atoms with van der Waals surface area (Å²) in [6, 6.07) is 12.9. The monoisotopic (exact) mass is 433 g/mol. The SMILES string of the molecule is N#CCCn1cc(C(=O)COC(=O)C2CCN(C(=O)c3ccco3)CC2)c2ccccc21. The van der Waals surface area contributed by atoms with Crippen molar-refractivity contribution in [2.24, 2.45) is 5.92 Å². The second kappa shape index (κ2) is 9.52. The number of ketones is 1. The van der Waals surface area contributed by atoms with Gasteiger partial charge in [0.25, 0.3) is 5.91 Å². The summed E-state index contributed by atoms with van der Waals surface area (Å²) < 4.78 is 12.4. The number of fused-ring (bicyclic) bond motifs is 1. The van der Waals surface area contributed by atoms with Gasteiger partial charge in [-0.1, -0.05) is 18.2 Å². The molecule has 0 spiro atoms. The van der Waals surface area contributed by atoms with Crippen LogP contribution in [0, 0.1) is 17.2 Å². The number of para-hydroxylation sites is 1. The highest BCUT2D eigenvalue weighted by Crippen LogP contribution is 2.24. The molecule has 0 unspecified atom stereocenters. The fraction of sp³-hybridized carbons (Fsp3) is 0.333. The molecule has 8 nitrogen and oxygen atoms in total. The van der Waals surface area contributed by atoms with Crippen LogP contribution in [-0.2, 0) is 16.1 Å². The summed E-state index contributed by atoms with van der Waals surface area (Å²) in [6.07, 6.45) is 4.47. The molecule has 1 aliphatic heterocycles. The zero-order valence-corrected chi connectivity index (χ0v) is 17.5. The molecule has 32 heavy (non-hydrogen) atoms. The summed E-state index contributed by atoms with van der Waals surface area (Å²) in [6.45, 7) is 1.01. The first-order valence-electron chi connectivity index (χ1n) is 10.6. The summed E-state index contributed by atoms with van der Waals surface area (Å²) in [7, 11) is 0. The quantitative estimate of drug-likeness (QED) is 0.418. The Bertz CT molecular complexity index is 1160. The van der Waals surface area contributed by atoms with Crippen LogP contribution in [0.25, 0.3) is 10.9 Å². The van der Waals surface area contributed by atoms with Crippen LogP contribution in [0.15, 0.2) is 53.3 Å². The number of hydrogen-bond donors (Lipinski definition) is 0. The van der Waals surface area contributed by atoms with E-state index < -0.39 is 5.97 Å². The Labute approximate surface area is 185 Å². The number of Topliss-reactive ketones (excluding diaryl/α,β-unsaturated/α-hetero) is 1. The van der Waals surface area contributed by atoms with Gasteiger partial charge in [-0.3, -0.25) is 14.4 Å².